The molecule has 0 N–H and O–H groups in total. The Morgan fingerprint density at radius 3 is 0.987 bits per heavy atom. The lowest BCUT2D eigenvalue weighted by Gasteiger charge is -2.36. The van der Waals surface area contributed by atoms with E-state index in [1.807, 2.05) is 149 Å². The van der Waals surface area contributed by atoms with E-state index in [0.29, 0.717) is 80.2 Å². The molecule has 27 heteroatoms. The van der Waals surface area contributed by atoms with E-state index in [0.717, 1.165) is 226 Å². The molecule has 23 nitrogen and oxygen atoms in total. The van der Waals surface area contributed by atoms with Crippen molar-refractivity contribution in [2.24, 2.45) is 11.3 Å². The standard InChI is InChI=1S/C32H29FN4O2.C31H30N4O3S.C30H31ClN4O.C30H33ClN4O/c1-39-28-9-5-8-25(20-28)31-29(37-21-26(12-15-30(37)34-31)23-6-3-2-4-7-23)22-35-16-18-36(19-17-35)32(38)24-10-13-27(33)14-11-24;1-38-27-12-8-11-25(21-27)31-29(35-22-26(15-16-30(35)32-31)24-9-4-2-5-10-24)23-33-17-19-34(20-18-33)39(36,37)28-13-6-3-7-14-28;31-26-13-10-23(11-14-26)29-27(21-33-16-18-34(19-17-33)30(36)24-8-4-5-9-24)35-20-25(12-15-28(35)32-29)22-6-2-1-3-7-22;1-30(2,3)19-28(36)34-17-15-33(16-18-34)21-26-29(23-9-12-25(31)13-10-23)32-27-14-11-24(20-35(26)27)22-7-5-4-6-8-22/h2-15,20-21H,16-19,22H2,1H3;2-16,21-22H,17-20,23H2,1H3;1-3,6-7,10-15,20,24H,4-5,8-9,16-19,21H2;4-14,20H,15-19,21H2,1-3H3. The van der Waals surface area contributed by atoms with Gasteiger partial charge in [0.2, 0.25) is 21.8 Å². The first-order chi connectivity index (χ1) is 73.0. The maximum absolute atomic E-state index is 13.3. The van der Waals surface area contributed by atoms with Crippen molar-refractivity contribution in [3.63, 3.8) is 0 Å². The Kier molecular flexibility index (Phi) is 31.8. The molecular formula is C123H123Cl2FN16O7S. The molecule has 23 rings (SSSR count). The van der Waals surface area contributed by atoms with Gasteiger partial charge in [-0.2, -0.15) is 4.31 Å². The van der Waals surface area contributed by atoms with Crippen LogP contribution in [0.3, 0.4) is 0 Å². The zero-order valence-corrected chi connectivity index (χ0v) is 87.5. The van der Waals surface area contributed by atoms with E-state index < -0.39 is 10.0 Å². The van der Waals surface area contributed by atoms with Crippen LogP contribution in [0.5, 0.6) is 11.5 Å². The van der Waals surface area contributed by atoms with Crippen molar-refractivity contribution < 1.29 is 36.7 Å². The Bertz CT molecular complexity index is 7860. The summed E-state index contributed by atoms with van der Waals surface area (Å²) >= 11 is 12.4. The summed E-state index contributed by atoms with van der Waals surface area (Å²) in [5.41, 5.74) is 25.7. The fraction of sp³-hybridized carbons (Fsp3) is 0.260. The van der Waals surface area contributed by atoms with Crippen molar-refractivity contribution in [1.29, 1.82) is 0 Å². The van der Waals surface area contributed by atoms with Crippen molar-refractivity contribution in [3.8, 4) is 101 Å². The number of amides is 3. The van der Waals surface area contributed by atoms with Crippen molar-refractivity contribution in [1.82, 2.24) is 76.1 Å². The van der Waals surface area contributed by atoms with Gasteiger partial charge < -0.3 is 41.8 Å². The molecule has 18 aromatic rings. The van der Waals surface area contributed by atoms with Crippen LogP contribution in [0, 0.1) is 17.2 Å². The summed E-state index contributed by atoms with van der Waals surface area (Å²) in [5.74, 6) is 2.04. The molecule has 5 fully saturated rings. The maximum atomic E-state index is 13.3. The monoisotopic (exact) mass is 2060 g/mol. The summed E-state index contributed by atoms with van der Waals surface area (Å²) in [6.07, 6.45) is 13.8. The van der Waals surface area contributed by atoms with Gasteiger partial charge in [-0.25, -0.2) is 32.7 Å². The highest BCUT2D eigenvalue weighted by molar-refractivity contribution is 7.89. The largest absolute Gasteiger partial charge is 0.497 e. The van der Waals surface area contributed by atoms with E-state index in [1.165, 1.54) is 41.8 Å². The number of methoxy groups -OCH3 is 2. The van der Waals surface area contributed by atoms with Crippen LogP contribution in [0.25, 0.3) is 112 Å². The number of sulfonamides is 1. The molecule has 0 radical (unpaired) electrons. The molecule has 0 bridgehead atoms. The van der Waals surface area contributed by atoms with Gasteiger partial charge in [-0.05, 0) is 196 Å². The van der Waals surface area contributed by atoms with Gasteiger partial charge in [0.25, 0.3) is 5.91 Å². The molecule has 0 unspecified atom stereocenters. The van der Waals surface area contributed by atoms with Crippen molar-refractivity contribution in [3.05, 3.63) is 391 Å². The van der Waals surface area contributed by atoms with Gasteiger partial charge in [0.15, 0.2) is 0 Å². The van der Waals surface area contributed by atoms with E-state index in [4.69, 9.17) is 52.6 Å². The van der Waals surface area contributed by atoms with Crippen molar-refractivity contribution >= 4 is 73.5 Å². The Morgan fingerprint density at radius 2 is 0.647 bits per heavy atom. The van der Waals surface area contributed by atoms with E-state index in [-0.39, 0.29) is 29.0 Å². The molecule has 4 aliphatic heterocycles. The van der Waals surface area contributed by atoms with Crippen LogP contribution >= 0.6 is 23.2 Å². The molecule has 0 spiro atoms. The number of carbonyl (C=O) groups is 3. The van der Waals surface area contributed by atoms with Gasteiger partial charge in [0.1, 0.15) is 39.9 Å². The average molecular weight is 2060 g/mol. The molecule has 1 aliphatic carbocycles. The third kappa shape index (κ3) is 24.0. The normalized spacial score (nSPS) is 15.3. The fourth-order valence-corrected chi connectivity index (χ4v) is 22.4. The Balaban J connectivity index is 0.000000121. The van der Waals surface area contributed by atoms with Crippen molar-refractivity contribution in [2.45, 2.75) is 83.9 Å². The second-order valence-corrected chi connectivity index (χ2v) is 43.0. The van der Waals surface area contributed by atoms with Crippen LogP contribution < -0.4 is 9.47 Å². The van der Waals surface area contributed by atoms with Gasteiger partial charge in [-0.15, -0.1) is 0 Å². The first-order valence-electron chi connectivity index (χ1n) is 51.7. The minimum Gasteiger partial charge on any atom is -0.497 e. The van der Waals surface area contributed by atoms with Crippen LogP contribution in [-0.2, 0) is 45.8 Å². The van der Waals surface area contributed by atoms with Crippen LogP contribution in [0.4, 0.5) is 4.39 Å². The van der Waals surface area contributed by atoms with E-state index in [9.17, 15) is 27.2 Å². The highest BCUT2D eigenvalue weighted by atomic mass is 35.5. The molecule has 1 saturated carbocycles. The number of ether oxygens (including phenoxy) is 2. The summed E-state index contributed by atoms with van der Waals surface area (Å²) in [6.45, 7) is 20.6. The number of piperazine rings is 4. The minimum absolute atomic E-state index is 0.00860. The third-order valence-corrected chi connectivity index (χ3v) is 31.4. The topological polar surface area (TPSA) is 199 Å². The lowest BCUT2D eigenvalue weighted by atomic mass is 9.91. The Morgan fingerprint density at radius 1 is 0.340 bits per heavy atom. The number of aromatic nitrogens is 8. The maximum Gasteiger partial charge on any atom is 0.253 e. The number of pyridine rings is 4. The molecule has 764 valence electrons. The van der Waals surface area contributed by atoms with Crippen LogP contribution in [-0.4, -0.2) is 221 Å². The fourth-order valence-electron chi connectivity index (χ4n) is 20.7. The molecule has 4 saturated heterocycles. The molecule has 8 aromatic heterocycles. The summed E-state index contributed by atoms with van der Waals surface area (Å²) in [4.78, 5) is 74.6. The number of rotatable bonds is 23. The first-order valence-corrected chi connectivity index (χ1v) is 53.9. The number of hydrogen-bond donors (Lipinski definition) is 0. The number of halogens is 3. The number of imidazole rings is 4. The van der Waals surface area contributed by atoms with Crippen LogP contribution in [0.2, 0.25) is 10.0 Å². The molecular weight excluding hydrogens is 1940 g/mol. The summed E-state index contributed by atoms with van der Waals surface area (Å²) in [5, 5.41) is 1.44. The van der Waals surface area contributed by atoms with Crippen molar-refractivity contribution in [2.75, 3.05) is 119 Å². The number of hydrogen-bond acceptors (Lipinski definition) is 15. The Hall–Kier alpha value is -14.8. The second-order valence-electron chi connectivity index (χ2n) is 40.2. The summed E-state index contributed by atoms with van der Waals surface area (Å²) in [6, 6.07) is 105. The van der Waals surface area contributed by atoms with Gasteiger partial charge >= 0.3 is 0 Å². The van der Waals surface area contributed by atoms with Gasteiger partial charge in [0, 0.05) is 206 Å². The van der Waals surface area contributed by atoms with Gasteiger partial charge in [0.05, 0.1) is 64.7 Å². The number of fused-ring (bicyclic) bond motifs is 4. The third-order valence-electron chi connectivity index (χ3n) is 29.0. The molecule has 5 aliphatic rings. The smallest absolute Gasteiger partial charge is 0.253 e. The molecule has 12 heterocycles. The molecule has 10 aromatic carbocycles. The highest BCUT2D eigenvalue weighted by Crippen LogP contribution is 2.39. The average Bonchev–Trinajstić information content (AvgIpc) is 1.63. The predicted octanol–water partition coefficient (Wildman–Crippen LogP) is 23.5. The highest BCUT2D eigenvalue weighted by Gasteiger charge is 2.35. The lowest BCUT2D eigenvalue weighted by Crippen LogP contribution is -2.49. The SMILES string of the molecule is CC(C)(C)CC(=O)N1CCN(Cc2c(-c3ccc(Cl)cc3)nc3ccc(-c4ccccc4)cn23)CC1.COc1cccc(-c2nc3ccc(-c4ccccc4)cn3c2CN2CCN(C(=O)c3ccc(F)cc3)CC2)c1.COc1cccc(-c2nc3ccc(-c4ccccc4)cn3c2CN2CCN(S(=O)(=O)c3ccccc3)CC2)c1.O=C(C1CCCC1)N1CCN(Cc2c(-c3ccc(Cl)cc3)nc3ccc(-c4ccccc4)cn23)CC1. The van der Waals surface area contributed by atoms with Gasteiger partial charge in [-0.3, -0.25) is 34.0 Å². The number of carbonyl (C=O) groups excluding carboxylic acids is 3. The minimum atomic E-state index is -3.50. The zero-order chi connectivity index (χ0) is 103. The lowest BCUT2D eigenvalue weighted by molar-refractivity contribution is -0.137. The van der Waals surface area contributed by atoms with E-state index in [1.54, 1.807) is 54.9 Å². The quantitative estimate of drug-likeness (QED) is 0.0585. The Labute approximate surface area is 886 Å². The van der Waals surface area contributed by atoms with E-state index in [2.05, 4.69) is 221 Å². The van der Waals surface area contributed by atoms with E-state index >= 15 is 0 Å². The predicted molar refractivity (Wildman–Crippen MR) is 595 cm³/mol. The molecule has 150 heavy (non-hydrogen) atoms. The summed E-state index contributed by atoms with van der Waals surface area (Å²) in [7, 11) is -0.167. The van der Waals surface area contributed by atoms with Gasteiger partial charge in [-0.1, -0.05) is 245 Å². The molecule has 3 amide bonds. The molecule has 0 atom stereocenters. The number of nitrogens with zero attached hydrogens (tertiary/aromatic N) is 16. The summed E-state index contributed by atoms with van der Waals surface area (Å²) < 4.78 is 61.0. The first kappa shape index (κ1) is 102. The zero-order valence-electron chi connectivity index (χ0n) is 85.2. The second kappa shape index (κ2) is 46.6. The van der Waals surface area contributed by atoms with Crippen LogP contribution in [0.15, 0.2) is 351 Å². The van der Waals surface area contributed by atoms with Crippen LogP contribution in [0.1, 0.15) is 86.0 Å². The number of benzene rings is 10.